The summed E-state index contributed by atoms with van der Waals surface area (Å²) in [6.45, 7) is 3.69. The zero-order valence-corrected chi connectivity index (χ0v) is 12.1. The molecule has 0 aliphatic heterocycles. The van der Waals surface area contributed by atoms with Crippen molar-refractivity contribution in [2.24, 2.45) is 5.73 Å². The minimum atomic E-state index is -0.548. The predicted molar refractivity (Wildman–Crippen MR) is 77.7 cm³/mol. The molecule has 0 spiro atoms. The molecule has 3 N–H and O–H groups in total. The van der Waals surface area contributed by atoms with E-state index < -0.39 is 11.9 Å². The number of aromatic nitrogens is 1. The van der Waals surface area contributed by atoms with Crippen molar-refractivity contribution in [2.75, 3.05) is 11.1 Å². The molecule has 0 fully saturated rings. The molecule has 0 bridgehead atoms. The average Bonchev–Trinajstić information content (AvgIpc) is 2.71. The number of anilines is 1. The number of hydrogen-bond acceptors (Lipinski definition) is 5. The molecular formula is C12H14ClN3O2S. The molecule has 0 aliphatic carbocycles. The smallest absolute Gasteiger partial charge is 0.296 e. The third kappa shape index (κ3) is 3.13. The molecule has 1 aromatic heterocycles. The van der Waals surface area contributed by atoms with E-state index in [9.17, 15) is 4.79 Å². The third-order valence-electron chi connectivity index (χ3n) is 2.51. The summed E-state index contributed by atoms with van der Waals surface area (Å²) >= 11 is 7.78. The maximum Gasteiger partial charge on any atom is 0.296 e. The second-order valence-corrected chi connectivity index (χ2v) is 5.68. The monoisotopic (exact) mass is 299 g/mol. The number of rotatable bonds is 5. The Morgan fingerprint density at radius 3 is 3.00 bits per heavy atom. The van der Waals surface area contributed by atoms with Gasteiger partial charge in [-0.05, 0) is 24.8 Å². The molecule has 19 heavy (non-hydrogen) atoms. The second-order valence-electron chi connectivity index (χ2n) is 3.97. The summed E-state index contributed by atoms with van der Waals surface area (Å²) in [6, 6.07) is 3.31. The summed E-state index contributed by atoms with van der Waals surface area (Å²) in [6.07, 6.45) is 0. The first-order valence-corrected chi connectivity index (χ1v) is 7.16. The molecule has 2 rings (SSSR count). The predicted octanol–water partition coefficient (Wildman–Crippen LogP) is 2.88. The van der Waals surface area contributed by atoms with E-state index in [0.29, 0.717) is 16.1 Å². The van der Waals surface area contributed by atoms with Gasteiger partial charge in [0.25, 0.3) is 6.01 Å². The zero-order chi connectivity index (χ0) is 14.0. The first-order chi connectivity index (χ1) is 9.01. The first kappa shape index (κ1) is 14.0. The number of nitrogens with one attached hydrogen (secondary N) is 1. The lowest BCUT2D eigenvalue weighted by Gasteiger charge is -2.05. The summed E-state index contributed by atoms with van der Waals surface area (Å²) in [4.78, 5) is 16.1. The lowest BCUT2D eigenvalue weighted by Crippen LogP contribution is -2.32. The molecule has 5 nitrogen and oxygen atoms in total. The number of thioether (sulfide) groups is 1. The van der Waals surface area contributed by atoms with Gasteiger partial charge < -0.3 is 15.5 Å². The number of nitrogens with zero attached hydrogens (tertiary/aromatic N) is 1. The topological polar surface area (TPSA) is 81.1 Å². The third-order valence-corrected chi connectivity index (χ3v) is 3.87. The van der Waals surface area contributed by atoms with Crippen molar-refractivity contribution >= 4 is 46.4 Å². The molecule has 102 valence electrons. The Kier molecular flexibility index (Phi) is 4.21. The Morgan fingerprint density at radius 2 is 2.37 bits per heavy atom. The van der Waals surface area contributed by atoms with Crippen LogP contribution in [0.5, 0.6) is 0 Å². The van der Waals surface area contributed by atoms with Crippen LogP contribution < -0.4 is 11.1 Å². The van der Waals surface area contributed by atoms with E-state index >= 15 is 0 Å². The maximum atomic E-state index is 11.0. The van der Waals surface area contributed by atoms with Crippen molar-refractivity contribution in [3.8, 4) is 0 Å². The number of nitrogens with two attached hydrogens (primary N) is 1. The Balaban J connectivity index is 2.32. The van der Waals surface area contributed by atoms with Gasteiger partial charge in [0.2, 0.25) is 5.91 Å². The fourth-order valence-corrected chi connectivity index (χ4v) is 2.53. The minimum Gasteiger partial charge on any atom is -0.424 e. The van der Waals surface area contributed by atoms with E-state index in [1.165, 1.54) is 0 Å². The molecule has 0 saturated heterocycles. The highest BCUT2D eigenvalue weighted by atomic mass is 35.5. The fraction of sp³-hybridized carbons (Fsp3) is 0.333. The highest BCUT2D eigenvalue weighted by molar-refractivity contribution is 7.99. The van der Waals surface area contributed by atoms with Crippen LogP contribution in [0.4, 0.5) is 6.01 Å². The van der Waals surface area contributed by atoms with Crippen molar-refractivity contribution < 1.29 is 9.21 Å². The molecule has 0 aliphatic rings. The largest absolute Gasteiger partial charge is 0.424 e. The Labute approximate surface area is 119 Å². The van der Waals surface area contributed by atoms with Gasteiger partial charge in [-0.15, -0.1) is 11.8 Å². The number of primary amides is 1. The van der Waals surface area contributed by atoms with Crippen molar-refractivity contribution in [2.45, 2.75) is 24.8 Å². The van der Waals surface area contributed by atoms with E-state index in [0.717, 1.165) is 10.6 Å². The van der Waals surface area contributed by atoms with E-state index in [4.69, 9.17) is 21.8 Å². The minimum absolute atomic E-state index is 0.260. The molecule has 0 saturated carbocycles. The standard InChI is InChI=1S/C12H14ClN3O2S/c1-3-19-10-5-9-8(4-7(10)13)16-12(18-9)15-6(2)11(14)17/h4-6H,3H2,1-2H3,(H2,14,17)(H,15,16)/t6-/m0/s1. The number of halogens is 1. The van der Waals surface area contributed by atoms with Gasteiger partial charge in [0.1, 0.15) is 11.6 Å². The van der Waals surface area contributed by atoms with Gasteiger partial charge in [0, 0.05) is 4.90 Å². The van der Waals surface area contributed by atoms with Crippen molar-refractivity contribution in [1.29, 1.82) is 0 Å². The summed E-state index contributed by atoms with van der Waals surface area (Å²) in [5.74, 6) is 0.450. The Morgan fingerprint density at radius 1 is 1.63 bits per heavy atom. The SMILES string of the molecule is CCSc1cc2oc(N[C@@H](C)C(N)=O)nc2cc1Cl. The zero-order valence-electron chi connectivity index (χ0n) is 10.6. The summed E-state index contributed by atoms with van der Waals surface area (Å²) in [5, 5.41) is 3.44. The average molecular weight is 300 g/mol. The summed E-state index contributed by atoms with van der Waals surface area (Å²) < 4.78 is 5.53. The second kappa shape index (κ2) is 5.71. The molecule has 0 radical (unpaired) electrons. The van der Waals surface area contributed by atoms with Gasteiger partial charge in [-0.25, -0.2) is 0 Å². The maximum absolute atomic E-state index is 11.0. The molecule has 1 atom stereocenters. The number of benzene rings is 1. The van der Waals surface area contributed by atoms with Gasteiger partial charge in [-0.2, -0.15) is 4.98 Å². The van der Waals surface area contributed by atoms with Gasteiger partial charge in [-0.3, -0.25) is 4.79 Å². The molecule has 7 heteroatoms. The van der Waals surface area contributed by atoms with Crippen molar-refractivity contribution in [1.82, 2.24) is 4.98 Å². The van der Waals surface area contributed by atoms with Crippen LogP contribution in [0, 0.1) is 0 Å². The van der Waals surface area contributed by atoms with Crippen LogP contribution >= 0.6 is 23.4 Å². The number of carbonyl (C=O) groups excluding carboxylic acids is 1. The van der Waals surface area contributed by atoms with Gasteiger partial charge in [0.05, 0.1) is 5.02 Å². The Bertz CT molecular complexity index is 614. The van der Waals surface area contributed by atoms with Crippen molar-refractivity contribution in [3.63, 3.8) is 0 Å². The molecular weight excluding hydrogens is 286 g/mol. The number of amides is 1. The molecule has 1 amide bonds. The quantitative estimate of drug-likeness (QED) is 0.830. The lowest BCUT2D eigenvalue weighted by molar-refractivity contribution is -0.118. The van der Waals surface area contributed by atoms with Crippen molar-refractivity contribution in [3.05, 3.63) is 17.2 Å². The molecule has 1 heterocycles. The normalized spacial score (nSPS) is 12.6. The Hall–Kier alpha value is -1.40. The van der Waals surface area contributed by atoms with E-state index in [2.05, 4.69) is 10.3 Å². The number of carbonyl (C=O) groups is 1. The molecule has 2 aromatic rings. The number of hydrogen-bond donors (Lipinski definition) is 2. The van der Waals surface area contributed by atoms with Gasteiger partial charge >= 0.3 is 0 Å². The van der Waals surface area contributed by atoms with E-state index in [-0.39, 0.29) is 6.01 Å². The van der Waals surface area contributed by atoms with Crippen LogP contribution in [0.15, 0.2) is 21.4 Å². The first-order valence-electron chi connectivity index (χ1n) is 5.80. The number of fused-ring (bicyclic) bond motifs is 1. The molecule has 1 aromatic carbocycles. The number of oxazole rings is 1. The van der Waals surface area contributed by atoms with Crippen LogP contribution in [-0.4, -0.2) is 22.7 Å². The highest BCUT2D eigenvalue weighted by Crippen LogP contribution is 2.32. The van der Waals surface area contributed by atoms with E-state index in [1.807, 2.05) is 13.0 Å². The van der Waals surface area contributed by atoms with Crippen LogP contribution in [0.25, 0.3) is 11.1 Å². The summed E-state index contributed by atoms with van der Waals surface area (Å²) in [7, 11) is 0. The van der Waals surface area contributed by atoms with Crippen LogP contribution in [-0.2, 0) is 4.79 Å². The summed E-state index contributed by atoms with van der Waals surface area (Å²) in [5.41, 5.74) is 6.44. The van der Waals surface area contributed by atoms with Gasteiger partial charge in [-0.1, -0.05) is 18.5 Å². The van der Waals surface area contributed by atoms with Crippen LogP contribution in [0.3, 0.4) is 0 Å². The fourth-order valence-electron chi connectivity index (χ4n) is 1.51. The van der Waals surface area contributed by atoms with Gasteiger partial charge in [0.15, 0.2) is 5.58 Å². The lowest BCUT2D eigenvalue weighted by atomic mass is 10.3. The highest BCUT2D eigenvalue weighted by Gasteiger charge is 2.14. The molecule has 0 unspecified atom stereocenters. The van der Waals surface area contributed by atoms with E-state index in [1.54, 1.807) is 24.8 Å². The van der Waals surface area contributed by atoms with Crippen LogP contribution in [0.2, 0.25) is 5.02 Å². The van der Waals surface area contributed by atoms with Crippen LogP contribution in [0.1, 0.15) is 13.8 Å².